The maximum atomic E-state index is 11.3. The zero-order valence-electron chi connectivity index (χ0n) is 11.3. The molecule has 0 atom stereocenters. The van der Waals surface area contributed by atoms with Gasteiger partial charge in [0.15, 0.2) is 0 Å². The number of hydrogen-bond acceptors (Lipinski definition) is 3. The van der Waals surface area contributed by atoms with E-state index >= 15 is 0 Å². The van der Waals surface area contributed by atoms with Gasteiger partial charge in [-0.25, -0.2) is 0 Å². The van der Waals surface area contributed by atoms with E-state index in [1.54, 1.807) is 0 Å². The van der Waals surface area contributed by atoms with E-state index in [1.165, 1.54) is 50.4 Å². The van der Waals surface area contributed by atoms with Crippen LogP contribution in [0.15, 0.2) is 17.9 Å². The van der Waals surface area contributed by atoms with Gasteiger partial charge >= 0.3 is 0 Å². The van der Waals surface area contributed by atoms with Gasteiger partial charge in [-0.2, -0.15) is 0 Å². The molecule has 0 heterocycles. The first kappa shape index (κ1) is 17.0. The molecule has 4 heteroatoms. The minimum atomic E-state index is -0.0643. The smallest absolute Gasteiger partial charge is 0.219 e. The summed E-state index contributed by atoms with van der Waals surface area (Å²) in [6.45, 7) is 4.18. The van der Waals surface area contributed by atoms with Crippen molar-refractivity contribution in [3.8, 4) is 0 Å². The summed E-state index contributed by atoms with van der Waals surface area (Å²) in [6.07, 6.45) is 9.30. The molecule has 0 bridgehead atoms. The number of nitrogens with one attached hydrogen (secondary N) is 1. The summed E-state index contributed by atoms with van der Waals surface area (Å²) in [5, 5.41) is 2.63. The molecule has 0 saturated carbocycles. The van der Waals surface area contributed by atoms with Crippen LogP contribution >= 0.6 is 11.8 Å². The van der Waals surface area contributed by atoms with Crippen molar-refractivity contribution in [1.82, 2.24) is 5.32 Å². The Labute approximate surface area is 114 Å². The molecular weight excluding hydrogens is 246 g/mol. The Morgan fingerprint density at radius 1 is 1.28 bits per heavy atom. The topological polar surface area (TPSA) is 46.2 Å². The van der Waals surface area contributed by atoms with Crippen LogP contribution in [0.4, 0.5) is 0 Å². The molecule has 18 heavy (non-hydrogen) atoms. The number of unbranched alkanes of at least 4 members (excludes halogenated alkanes) is 4. The summed E-state index contributed by atoms with van der Waals surface area (Å²) in [4.78, 5) is 21.9. The Hall–Kier alpha value is -0.990. The molecule has 0 radical (unpaired) electrons. The average Bonchev–Trinajstić information content (AvgIpc) is 2.33. The van der Waals surface area contributed by atoms with Crippen molar-refractivity contribution < 1.29 is 9.59 Å². The van der Waals surface area contributed by atoms with E-state index in [2.05, 4.69) is 18.0 Å². The van der Waals surface area contributed by atoms with Crippen LogP contribution in [0.5, 0.6) is 0 Å². The van der Waals surface area contributed by atoms with Gasteiger partial charge in [-0.05, 0) is 18.9 Å². The summed E-state index contributed by atoms with van der Waals surface area (Å²) < 4.78 is 0. The predicted octanol–water partition coefficient (Wildman–Crippen LogP) is 3.06. The Balaban J connectivity index is 3.54. The van der Waals surface area contributed by atoms with Crippen LogP contribution in [0.1, 0.15) is 46.0 Å². The summed E-state index contributed by atoms with van der Waals surface area (Å²) in [5.74, 6) is 0.540. The third kappa shape index (κ3) is 13.1. The molecule has 102 valence electrons. The van der Waals surface area contributed by atoms with Crippen LogP contribution in [0.2, 0.25) is 0 Å². The number of amides is 1. The SMILES string of the molecule is CCCCCCC=C=CC(=O)SCCNC(C)=O. The van der Waals surface area contributed by atoms with Gasteiger partial charge in [-0.3, -0.25) is 9.59 Å². The third-order valence-electron chi connectivity index (χ3n) is 2.24. The fourth-order valence-corrected chi connectivity index (χ4v) is 1.86. The van der Waals surface area contributed by atoms with Crippen LogP contribution in [0.3, 0.4) is 0 Å². The monoisotopic (exact) mass is 269 g/mol. The van der Waals surface area contributed by atoms with Crippen LogP contribution in [0, 0.1) is 0 Å². The standard InChI is InChI=1S/C14H23NO2S/c1-3-4-5-6-7-8-9-10-14(17)18-12-11-15-13(2)16/h8,10H,3-7,11-12H2,1-2H3,(H,15,16). The molecule has 0 aliphatic rings. The molecule has 1 N–H and O–H groups in total. The van der Waals surface area contributed by atoms with Crippen LogP contribution in [-0.2, 0) is 9.59 Å². The second-order valence-corrected chi connectivity index (χ2v) is 5.11. The van der Waals surface area contributed by atoms with E-state index in [4.69, 9.17) is 0 Å². The van der Waals surface area contributed by atoms with Gasteiger partial charge in [0.1, 0.15) is 0 Å². The Bertz CT molecular complexity index is 307. The van der Waals surface area contributed by atoms with E-state index in [0.29, 0.717) is 12.3 Å². The Morgan fingerprint density at radius 3 is 2.72 bits per heavy atom. The van der Waals surface area contributed by atoms with Crippen molar-refractivity contribution in [2.75, 3.05) is 12.3 Å². The first-order valence-corrected chi connectivity index (χ1v) is 7.47. The minimum Gasteiger partial charge on any atom is -0.356 e. The van der Waals surface area contributed by atoms with Crippen molar-refractivity contribution in [3.05, 3.63) is 17.9 Å². The molecule has 0 fully saturated rings. The molecule has 0 unspecified atom stereocenters. The molecule has 1 amide bonds. The summed E-state index contributed by atoms with van der Waals surface area (Å²) in [5.41, 5.74) is 2.90. The van der Waals surface area contributed by atoms with Gasteiger partial charge in [0.25, 0.3) is 0 Å². The summed E-state index contributed by atoms with van der Waals surface area (Å²) in [7, 11) is 0. The maximum Gasteiger partial charge on any atom is 0.219 e. The first-order chi connectivity index (χ1) is 8.66. The number of thioether (sulfide) groups is 1. The summed E-state index contributed by atoms with van der Waals surface area (Å²) in [6, 6.07) is 0. The zero-order chi connectivity index (χ0) is 13.6. The normalized spacial score (nSPS) is 9.44. The molecule has 0 aromatic rings. The molecule has 0 spiro atoms. The highest BCUT2D eigenvalue weighted by Crippen LogP contribution is 2.03. The second kappa shape index (κ2) is 12.5. The Morgan fingerprint density at radius 2 is 2.06 bits per heavy atom. The van der Waals surface area contributed by atoms with Crippen LogP contribution in [-0.4, -0.2) is 23.3 Å². The number of carbonyl (C=O) groups excluding carboxylic acids is 2. The maximum absolute atomic E-state index is 11.3. The van der Waals surface area contributed by atoms with Gasteiger partial charge in [-0.1, -0.05) is 37.9 Å². The zero-order valence-corrected chi connectivity index (χ0v) is 12.1. The lowest BCUT2D eigenvalue weighted by atomic mass is 10.1. The Kier molecular flexibility index (Phi) is 11.8. The van der Waals surface area contributed by atoms with Crippen molar-refractivity contribution >= 4 is 22.8 Å². The largest absolute Gasteiger partial charge is 0.356 e. The van der Waals surface area contributed by atoms with E-state index in [-0.39, 0.29) is 11.0 Å². The predicted molar refractivity (Wildman–Crippen MR) is 77.6 cm³/mol. The van der Waals surface area contributed by atoms with Crippen molar-refractivity contribution in [2.24, 2.45) is 0 Å². The van der Waals surface area contributed by atoms with Gasteiger partial charge in [0.2, 0.25) is 11.0 Å². The van der Waals surface area contributed by atoms with Crippen molar-refractivity contribution in [3.63, 3.8) is 0 Å². The van der Waals surface area contributed by atoms with Crippen molar-refractivity contribution in [1.29, 1.82) is 0 Å². The molecule has 3 nitrogen and oxygen atoms in total. The summed E-state index contributed by atoms with van der Waals surface area (Å²) >= 11 is 1.20. The lowest BCUT2D eigenvalue weighted by Crippen LogP contribution is -2.22. The highest BCUT2D eigenvalue weighted by Gasteiger charge is 1.97. The van der Waals surface area contributed by atoms with E-state index in [0.717, 1.165) is 6.42 Å². The lowest BCUT2D eigenvalue weighted by Gasteiger charge is -1.98. The van der Waals surface area contributed by atoms with Crippen molar-refractivity contribution in [2.45, 2.75) is 46.0 Å². The highest BCUT2D eigenvalue weighted by molar-refractivity contribution is 8.14. The molecule has 0 saturated heterocycles. The fourth-order valence-electron chi connectivity index (χ4n) is 1.30. The molecule has 0 aromatic carbocycles. The van der Waals surface area contributed by atoms with Gasteiger partial charge in [0, 0.05) is 25.3 Å². The van der Waals surface area contributed by atoms with Crippen LogP contribution < -0.4 is 5.32 Å². The molecule has 0 aliphatic carbocycles. The fraction of sp³-hybridized carbons (Fsp3) is 0.643. The number of rotatable bonds is 9. The highest BCUT2D eigenvalue weighted by atomic mass is 32.2. The molecule has 0 aromatic heterocycles. The van der Waals surface area contributed by atoms with Gasteiger partial charge in [0.05, 0.1) is 0 Å². The average molecular weight is 269 g/mol. The molecule has 0 aliphatic heterocycles. The van der Waals surface area contributed by atoms with E-state index < -0.39 is 0 Å². The second-order valence-electron chi connectivity index (χ2n) is 4.01. The first-order valence-electron chi connectivity index (χ1n) is 6.49. The van der Waals surface area contributed by atoms with E-state index in [9.17, 15) is 9.59 Å². The quantitative estimate of drug-likeness (QED) is 0.397. The third-order valence-corrected chi connectivity index (χ3v) is 3.05. The van der Waals surface area contributed by atoms with E-state index in [1.807, 2.05) is 6.08 Å². The lowest BCUT2D eigenvalue weighted by molar-refractivity contribution is -0.118. The molecule has 0 rings (SSSR count). The van der Waals surface area contributed by atoms with Gasteiger partial charge < -0.3 is 5.32 Å². The van der Waals surface area contributed by atoms with Crippen LogP contribution in [0.25, 0.3) is 0 Å². The number of carbonyl (C=O) groups is 2. The molecular formula is C14H23NO2S. The minimum absolute atomic E-state index is 0.00911. The number of hydrogen-bond donors (Lipinski definition) is 1. The van der Waals surface area contributed by atoms with Gasteiger partial charge in [-0.15, -0.1) is 5.73 Å².